The first-order valence-electron chi connectivity index (χ1n) is 5.84. The van der Waals surface area contributed by atoms with E-state index in [1.54, 1.807) is 6.20 Å². The van der Waals surface area contributed by atoms with Gasteiger partial charge in [0.2, 0.25) is 5.95 Å². The Kier molecular flexibility index (Phi) is 3.74. The molecule has 0 spiro atoms. The van der Waals surface area contributed by atoms with E-state index in [2.05, 4.69) is 25.3 Å². The highest BCUT2D eigenvalue weighted by molar-refractivity contribution is 5.47. The summed E-state index contributed by atoms with van der Waals surface area (Å²) in [5.41, 5.74) is 1.47. The van der Waals surface area contributed by atoms with Crippen molar-refractivity contribution in [1.82, 2.24) is 19.9 Å². The third-order valence-electron chi connectivity index (χ3n) is 2.53. The van der Waals surface area contributed by atoms with E-state index in [0.29, 0.717) is 18.2 Å². The van der Waals surface area contributed by atoms with Crippen molar-refractivity contribution in [2.24, 2.45) is 0 Å². The van der Waals surface area contributed by atoms with E-state index in [1.165, 1.54) is 12.4 Å². The van der Waals surface area contributed by atoms with Gasteiger partial charge in [-0.15, -0.1) is 0 Å². The van der Waals surface area contributed by atoms with Gasteiger partial charge in [0.05, 0.1) is 18.6 Å². The van der Waals surface area contributed by atoms with Gasteiger partial charge in [0, 0.05) is 31.9 Å². The van der Waals surface area contributed by atoms with Crippen LogP contribution >= 0.6 is 0 Å². The number of hydrogen-bond acceptors (Lipinski definition) is 6. The van der Waals surface area contributed by atoms with E-state index in [-0.39, 0.29) is 5.56 Å². The van der Waals surface area contributed by atoms with Gasteiger partial charge >= 0.3 is 0 Å². The molecule has 2 N–H and O–H groups in total. The molecular weight excluding hydrogens is 244 g/mol. The maximum absolute atomic E-state index is 11.1. The smallest absolute Gasteiger partial charge is 0.250 e. The van der Waals surface area contributed by atoms with Gasteiger partial charge in [0.25, 0.3) is 5.56 Å². The summed E-state index contributed by atoms with van der Waals surface area (Å²) in [6.45, 7) is 2.36. The zero-order chi connectivity index (χ0) is 13.8. The van der Waals surface area contributed by atoms with Crippen LogP contribution in [0.25, 0.3) is 0 Å². The molecule has 0 aromatic carbocycles. The molecule has 0 aliphatic rings. The van der Waals surface area contributed by atoms with Crippen LogP contribution in [-0.2, 0) is 6.54 Å². The SMILES string of the molecule is Cc1cnc(NCc2cc(=O)[nH]cn2)nc1N(C)C. The minimum Gasteiger partial charge on any atom is -0.362 e. The van der Waals surface area contributed by atoms with E-state index < -0.39 is 0 Å². The fourth-order valence-corrected chi connectivity index (χ4v) is 1.65. The van der Waals surface area contributed by atoms with Crippen molar-refractivity contribution in [3.05, 3.63) is 40.2 Å². The Morgan fingerprint density at radius 2 is 2.16 bits per heavy atom. The lowest BCUT2D eigenvalue weighted by molar-refractivity contribution is 0.950. The molecule has 0 amide bonds. The fraction of sp³-hybridized carbons (Fsp3) is 0.333. The molecule has 100 valence electrons. The standard InChI is InChI=1S/C12H16N6O/c1-8-5-13-12(17-11(8)18(2)3)14-6-9-4-10(19)16-7-15-9/h4-5,7H,6H2,1-3H3,(H,13,14,17)(H,15,16,19). The first-order chi connectivity index (χ1) is 9.06. The molecule has 0 unspecified atom stereocenters. The number of nitrogens with zero attached hydrogens (tertiary/aromatic N) is 4. The number of H-pyrrole nitrogens is 1. The van der Waals surface area contributed by atoms with Crippen molar-refractivity contribution in [3.63, 3.8) is 0 Å². The summed E-state index contributed by atoms with van der Waals surface area (Å²) in [6, 6.07) is 1.44. The maximum atomic E-state index is 11.1. The number of aromatic nitrogens is 4. The summed E-state index contributed by atoms with van der Waals surface area (Å²) in [5, 5.41) is 3.05. The van der Waals surface area contributed by atoms with Crippen molar-refractivity contribution in [3.8, 4) is 0 Å². The van der Waals surface area contributed by atoms with E-state index in [9.17, 15) is 4.79 Å². The summed E-state index contributed by atoms with van der Waals surface area (Å²) < 4.78 is 0. The number of anilines is 2. The molecule has 2 rings (SSSR count). The normalized spacial score (nSPS) is 10.3. The quantitative estimate of drug-likeness (QED) is 0.834. The van der Waals surface area contributed by atoms with Crippen LogP contribution in [0.5, 0.6) is 0 Å². The van der Waals surface area contributed by atoms with Gasteiger partial charge in [0.1, 0.15) is 5.82 Å². The molecule has 0 saturated heterocycles. The molecule has 0 aliphatic carbocycles. The zero-order valence-electron chi connectivity index (χ0n) is 11.1. The van der Waals surface area contributed by atoms with Crippen LogP contribution in [0.15, 0.2) is 23.4 Å². The van der Waals surface area contributed by atoms with Crippen LogP contribution in [0.3, 0.4) is 0 Å². The number of rotatable bonds is 4. The molecule has 0 saturated carbocycles. The fourth-order valence-electron chi connectivity index (χ4n) is 1.65. The van der Waals surface area contributed by atoms with Crippen molar-refractivity contribution >= 4 is 11.8 Å². The second-order valence-corrected chi connectivity index (χ2v) is 4.35. The lowest BCUT2D eigenvalue weighted by Gasteiger charge is -2.15. The third kappa shape index (κ3) is 3.27. The molecule has 7 nitrogen and oxygen atoms in total. The predicted molar refractivity (Wildman–Crippen MR) is 73.3 cm³/mol. The molecule has 0 fully saturated rings. The number of aromatic amines is 1. The molecule has 2 aromatic rings. The second-order valence-electron chi connectivity index (χ2n) is 4.35. The molecule has 7 heteroatoms. The Morgan fingerprint density at radius 3 is 2.84 bits per heavy atom. The summed E-state index contributed by atoms with van der Waals surface area (Å²) in [6.07, 6.45) is 3.14. The van der Waals surface area contributed by atoms with Crippen molar-refractivity contribution < 1.29 is 0 Å². The van der Waals surface area contributed by atoms with Gasteiger partial charge in [-0.1, -0.05) is 0 Å². The molecule has 2 heterocycles. The topological polar surface area (TPSA) is 86.8 Å². The van der Waals surface area contributed by atoms with Gasteiger partial charge in [0.15, 0.2) is 0 Å². The van der Waals surface area contributed by atoms with Crippen molar-refractivity contribution in [2.75, 3.05) is 24.3 Å². The molecular formula is C12H16N6O. The number of aryl methyl sites for hydroxylation is 1. The highest BCUT2D eigenvalue weighted by Gasteiger charge is 2.05. The Bertz CT molecular complexity index is 622. The van der Waals surface area contributed by atoms with E-state index in [1.807, 2.05) is 25.9 Å². The van der Waals surface area contributed by atoms with Crippen LogP contribution in [0.4, 0.5) is 11.8 Å². The summed E-state index contributed by atoms with van der Waals surface area (Å²) in [7, 11) is 3.86. The first kappa shape index (κ1) is 13.0. The van der Waals surface area contributed by atoms with Crippen molar-refractivity contribution in [1.29, 1.82) is 0 Å². The molecule has 0 bridgehead atoms. The lowest BCUT2D eigenvalue weighted by atomic mass is 10.3. The molecule has 0 atom stereocenters. The van der Waals surface area contributed by atoms with Crippen LogP contribution in [0, 0.1) is 6.92 Å². The van der Waals surface area contributed by atoms with Crippen molar-refractivity contribution in [2.45, 2.75) is 13.5 Å². The molecule has 19 heavy (non-hydrogen) atoms. The van der Waals surface area contributed by atoms with Gasteiger partial charge in [-0.3, -0.25) is 4.79 Å². The Hall–Kier alpha value is -2.44. The Labute approximate surface area is 110 Å². The lowest BCUT2D eigenvalue weighted by Crippen LogP contribution is -2.15. The number of nitrogens with one attached hydrogen (secondary N) is 2. The van der Waals surface area contributed by atoms with Gasteiger partial charge in [-0.25, -0.2) is 9.97 Å². The van der Waals surface area contributed by atoms with Crippen LogP contribution in [0.2, 0.25) is 0 Å². The Balaban J connectivity index is 2.12. The monoisotopic (exact) mass is 260 g/mol. The molecule has 0 radical (unpaired) electrons. The van der Waals surface area contributed by atoms with Gasteiger partial charge in [-0.05, 0) is 6.92 Å². The second kappa shape index (κ2) is 5.47. The van der Waals surface area contributed by atoms with E-state index in [0.717, 1.165) is 11.4 Å². The zero-order valence-corrected chi connectivity index (χ0v) is 11.1. The highest BCUT2D eigenvalue weighted by atomic mass is 16.1. The van der Waals surface area contributed by atoms with Crippen LogP contribution in [-0.4, -0.2) is 34.0 Å². The largest absolute Gasteiger partial charge is 0.362 e. The minimum atomic E-state index is -0.175. The molecule has 0 aliphatic heterocycles. The minimum absolute atomic E-state index is 0.175. The van der Waals surface area contributed by atoms with Crippen LogP contribution in [0.1, 0.15) is 11.3 Å². The molecule has 2 aromatic heterocycles. The third-order valence-corrected chi connectivity index (χ3v) is 2.53. The van der Waals surface area contributed by atoms with Gasteiger partial charge in [-0.2, -0.15) is 4.98 Å². The maximum Gasteiger partial charge on any atom is 0.250 e. The summed E-state index contributed by atoms with van der Waals surface area (Å²) >= 11 is 0. The first-order valence-corrected chi connectivity index (χ1v) is 5.84. The summed E-state index contributed by atoms with van der Waals surface area (Å²) in [4.78, 5) is 28.2. The van der Waals surface area contributed by atoms with E-state index in [4.69, 9.17) is 0 Å². The highest BCUT2D eigenvalue weighted by Crippen LogP contribution is 2.15. The average molecular weight is 260 g/mol. The number of hydrogen-bond donors (Lipinski definition) is 2. The van der Waals surface area contributed by atoms with E-state index >= 15 is 0 Å². The Morgan fingerprint density at radius 1 is 1.37 bits per heavy atom. The summed E-state index contributed by atoms with van der Waals surface area (Å²) in [5.74, 6) is 1.37. The van der Waals surface area contributed by atoms with Crippen LogP contribution < -0.4 is 15.8 Å². The predicted octanol–water partition coefficient (Wildman–Crippen LogP) is 0.546. The average Bonchev–Trinajstić information content (AvgIpc) is 2.37. The van der Waals surface area contributed by atoms with Gasteiger partial charge < -0.3 is 15.2 Å².